The second-order valence-corrected chi connectivity index (χ2v) is 5.36. The zero-order chi connectivity index (χ0) is 18.4. The number of urea groups is 1. The first-order valence-electron chi connectivity index (χ1n) is 7.88. The molecule has 0 unspecified atom stereocenters. The number of rotatable bonds is 5. The van der Waals surface area contributed by atoms with Crippen LogP contribution in [0.5, 0.6) is 5.75 Å². The Morgan fingerprint density at radius 3 is 2.54 bits per heavy atom. The molecular formula is C16H17F2N5O3. The van der Waals surface area contributed by atoms with Crippen molar-refractivity contribution in [2.75, 3.05) is 41.8 Å². The number of halogens is 2. The molecule has 1 aromatic carbocycles. The molecule has 10 heteroatoms. The predicted octanol–water partition coefficient (Wildman–Crippen LogP) is 2.56. The molecule has 8 nitrogen and oxygen atoms in total. The van der Waals surface area contributed by atoms with E-state index < -0.39 is 12.6 Å². The van der Waals surface area contributed by atoms with Crippen molar-refractivity contribution in [1.29, 1.82) is 0 Å². The molecule has 0 atom stereocenters. The molecule has 1 fully saturated rings. The molecule has 0 saturated carbocycles. The fraction of sp³-hybridized carbons (Fsp3) is 0.312. The Kier molecular flexibility index (Phi) is 5.74. The third-order valence-electron chi connectivity index (χ3n) is 3.51. The van der Waals surface area contributed by atoms with Gasteiger partial charge in [0.1, 0.15) is 5.75 Å². The van der Waals surface area contributed by atoms with Crippen LogP contribution in [0.3, 0.4) is 0 Å². The van der Waals surface area contributed by atoms with Gasteiger partial charge in [-0.2, -0.15) is 8.78 Å². The number of nitrogens with zero attached hydrogens (tertiary/aromatic N) is 3. The van der Waals surface area contributed by atoms with E-state index >= 15 is 0 Å². The van der Waals surface area contributed by atoms with E-state index in [1.807, 2.05) is 4.90 Å². The Labute approximate surface area is 148 Å². The minimum absolute atomic E-state index is 0.0454. The van der Waals surface area contributed by atoms with Gasteiger partial charge in [0.15, 0.2) is 0 Å². The third-order valence-corrected chi connectivity index (χ3v) is 3.51. The molecular weight excluding hydrogens is 348 g/mol. The van der Waals surface area contributed by atoms with Gasteiger partial charge in [0.2, 0.25) is 5.95 Å². The molecule has 138 valence electrons. The molecule has 26 heavy (non-hydrogen) atoms. The summed E-state index contributed by atoms with van der Waals surface area (Å²) in [5.74, 6) is 0.520. The van der Waals surface area contributed by atoms with Crippen LogP contribution in [0.15, 0.2) is 36.7 Å². The van der Waals surface area contributed by atoms with E-state index in [1.54, 1.807) is 6.07 Å². The van der Waals surface area contributed by atoms with E-state index in [0.717, 1.165) is 0 Å². The summed E-state index contributed by atoms with van der Waals surface area (Å²) < 4.78 is 34.0. The van der Waals surface area contributed by atoms with Gasteiger partial charge in [-0.1, -0.05) is 6.07 Å². The number of amides is 2. The second kappa shape index (κ2) is 8.39. The summed E-state index contributed by atoms with van der Waals surface area (Å²) in [7, 11) is 0. The molecule has 1 saturated heterocycles. The van der Waals surface area contributed by atoms with E-state index in [4.69, 9.17) is 4.74 Å². The number of anilines is 3. The zero-order valence-corrected chi connectivity index (χ0v) is 13.7. The highest BCUT2D eigenvalue weighted by atomic mass is 19.3. The van der Waals surface area contributed by atoms with Gasteiger partial charge in [0.05, 0.1) is 31.3 Å². The topological polar surface area (TPSA) is 88.6 Å². The fourth-order valence-corrected chi connectivity index (χ4v) is 2.36. The molecule has 1 aromatic heterocycles. The highest BCUT2D eigenvalue weighted by molar-refractivity contribution is 5.99. The summed E-state index contributed by atoms with van der Waals surface area (Å²) in [5, 5.41) is 5.10. The maximum Gasteiger partial charge on any atom is 0.387 e. The molecule has 0 radical (unpaired) electrons. The number of alkyl halides is 2. The number of carbonyl (C=O) groups is 1. The van der Waals surface area contributed by atoms with E-state index in [9.17, 15) is 13.6 Å². The van der Waals surface area contributed by atoms with Gasteiger partial charge in [-0.25, -0.2) is 14.8 Å². The largest absolute Gasteiger partial charge is 0.435 e. The number of hydrogen-bond acceptors (Lipinski definition) is 6. The number of morpholine rings is 1. The van der Waals surface area contributed by atoms with Crippen LogP contribution in [0.4, 0.5) is 30.9 Å². The van der Waals surface area contributed by atoms with Crippen molar-refractivity contribution in [3.8, 4) is 5.75 Å². The van der Waals surface area contributed by atoms with Gasteiger partial charge in [-0.05, 0) is 12.1 Å². The lowest BCUT2D eigenvalue weighted by molar-refractivity contribution is -0.0497. The number of aromatic nitrogens is 2. The number of carbonyl (C=O) groups excluding carboxylic acids is 1. The van der Waals surface area contributed by atoms with Gasteiger partial charge in [-0.15, -0.1) is 0 Å². The van der Waals surface area contributed by atoms with Crippen LogP contribution in [0.25, 0.3) is 0 Å². The summed E-state index contributed by atoms with van der Waals surface area (Å²) in [6.07, 6.45) is 2.99. The van der Waals surface area contributed by atoms with E-state index in [1.165, 1.54) is 30.6 Å². The number of benzene rings is 1. The Bertz CT molecular complexity index is 739. The van der Waals surface area contributed by atoms with Crippen molar-refractivity contribution < 1.29 is 23.0 Å². The van der Waals surface area contributed by atoms with Crippen molar-refractivity contribution in [3.05, 3.63) is 36.7 Å². The zero-order valence-electron chi connectivity index (χ0n) is 13.7. The highest BCUT2D eigenvalue weighted by Crippen LogP contribution is 2.19. The first kappa shape index (κ1) is 17.8. The second-order valence-electron chi connectivity index (χ2n) is 5.36. The van der Waals surface area contributed by atoms with Crippen molar-refractivity contribution in [3.63, 3.8) is 0 Å². The molecule has 3 rings (SSSR count). The van der Waals surface area contributed by atoms with Crippen LogP contribution in [0, 0.1) is 0 Å². The quantitative estimate of drug-likeness (QED) is 0.847. The van der Waals surface area contributed by atoms with Crippen molar-refractivity contribution in [2.24, 2.45) is 0 Å². The summed E-state index contributed by atoms with van der Waals surface area (Å²) in [4.78, 5) is 22.4. The van der Waals surface area contributed by atoms with Gasteiger partial charge in [0.25, 0.3) is 0 Å². The molecule has 1 aliphatic heterocycles. The summed E-state index contributed by atoms with van der Waals surface area (Å²) in [6, 6.07) is 5.16. The minimum Gasteiger partial charge on any atom is -0.435 e. The SMILES string of the molecule is O=C(Nc1cnc(N2CCOCC2)nc1)Nc1cccc(OC(F)F)c1. The average molecular weight is 365 g/mol. The summed E-state index contributed by atoms with van der Waals surface area (Å²) in [5.41, 5.74) is 0.714. The normalized spacial score (nSPS) is 14.2. The Morgan fingerprint density at radius 2 is 1.85 bits per heavy atom. The minimum atomic E-state index is -2.93. The standard InChI is InChI=1S/C16H17F2N5O3/c17-14(18)26-13-3-1-2-11(8-13)21-16(24)22-12-9-19-15(20-10-12)23-4-6-25-7-5-23/h1-3,8-10,14H,4-7H2,(H2,21,22,24). The van der Waals surface area contributed by atoms with Crippen molar-refractivity contribution in [1.82, 2.24) is 9.97 Å². The highest BCUT2D eigenvalue weighted by Gasteiger charge is 2.14. The van der Waals surface area contributed by atoms with Crippen LogP contribution < -0.4 is 20.3 Å². The summed E-state index contributed by atoms with van der Waals surface area (Å²) >= 11 is 0. The van der Waals surface area contributed by atoms with Gasteiger partial charge in [-0.3, -0.25) is 0 Å². The molecule has 2 N–H and O–H groups in total. The molecule has 0 spiro atoms. The monoisotopic (exact) mass is 365 g/mol. The maximum absolute atomic E-state index is 12.2. The lowest BCUT2D eigenvalue weighted by atomic mass is 10.3. The van der Waals surface area contributed by atoms with Crippen molar-refractivity contribution >= 4 is 23.4 Å². The molecule has 2 aromatic rings. The summed E-state index contributed by atoms with van der Waals surface area (Å²) in [6.45, 7) is -0.254. The molecule has 0 aliphatic carbocycles. The van der Waals surface area contributed by atoms with Crippen LogP contribution in [0.2, 0.25) is 0 Å². The fourth-order valence-electron chi connectivity index (χ4n) is 2.36. The first-order chi connectivity index (χ1) is 12.6. The molecule has 1 aliphatic rings. The van der Waals surface area contributed by atoms with Crippen molar-refractivity contribution in [2.45, 2.75) is 6.61 Å². The van der Waals surface area contributed by atoms with Gasteiger partial charge < -0.3 is 25.0 Å². The Morgan fingerprint density at radius 1 is 1.15 bits per heavy atom. The van der Waals surface area contributed by atoms with Gasteiger partial charge >= 0.3 is 12.6 Å². The lowest BCUT2D eigenvalue weighted by Crippen LogP contribution is -2.37. The smallest absolute Gasteiger partial charge is 0.387 e. The predicted molar refractivity (Wildman–Crippen MR) is 90.8 cm³/mol. The molecule has 2 heterocycles. The number of hydrogen-bond donors (Lipinski definition) is 2. The lowest BCUT2D eigenvalue weighted by Gasteiger charge is -2.26. The van der Waals surface area contributed by atoms with Crippen LogP contribution in [-0.2, 0) is 4.74 Å². The van der Waals surface area contributed by atoms with Crippen LogP contribution >= 0.6 is 0 Å². The van der Waals surface area contributed by atoms with E-state index in [0.29, 0.717) is 43.6 Å². The number of ether oxygens (including phenoxy) is 2. The Hall–Kier alpha value is -3.01. The van der Waals surface area contributed by atoms with Crippen LogP contribution in [0.1, 0.15) is 0 Å². The van der Waals surface area contributed by atoms with E-state index in [2.05, 4.69) is 25.3 Å². The van der Waals surface area contributed by atoms with Gasteiger partial charge in [0, 0.05) is 24.8 Å². The molecule has 2 amide bonds. The first-order valence-corrected chi connectivity index (χ1v) is 7.88. The number of nitrogens with one attached hydrogen (secondary N) is 2. The molecule has 0 bridgehead atoms. The van der Waals surface area contributed by atoms with E-state index in [-0.39, 0.29) is 5.75 Å². The maximum atomic E-state index is 12.2. The average Bonchev–Trinajstić information content (AvgIpc) is 2.63. The third kappa shape index (κ3) is 4.99. The Balaban J connectivity index is 1.56. The van der Waals surface area contributed by atoms with Crippen LogP contribution in [-0.4, -0.2) is 48.9 Å².